The molecule has 46 heavy (non-hydrogen) atoms. The molecule has 2 bridgehead atoms. The van der Waals surface area contributed by atoms with Crippen molar-refractivity contribution in [1.29, 1.82) is 0 Å². The van der Waals surface area contributed by atoms with Gasteiger partial charge in [0.15, 0.2) is 11.6 Å². The molecule has 1 aliphatic heterocycles. The molecule has 1 saturated heterocycles. The highest BCUT2D eigenvalue weighted by atomic mass is 16.2. The molecule has 1 heterocycles. The highest BCUT2D eigenvalue weighted by molar-refractivity contribution is 5.94. The first-order chi connectivity index (χ1) is 21.7. The van der Waals surface area contributed by atoms with Crippen molar-refractivity contribution in [2.45, 2.75) is 130 Å². The Hall–Kier alpha value is -2.54. The normalized spacial score (nSPS) is 26.8. The number of ketones is 2. The molecule has 5 rings (SSSR count). The van der Waals surface area contributed by atoms with Gasteiger partial charge in [0.05, 0.1) is 17.5 Å². The van der Waals surface area contributed by atoms with E-state index < -0.39 is 12.0 Å². The van der Waals surface area contributed by atoms with E-state index in [2.05, 4.69) is 50.0 Å². The van der Waals surface area contributed by atoms with E-state index in [1.807, 2.05) is 39.1 Å². The number of benzene rings is 1. The lowest BCUT2D eigenvalue weighted by atomic mass is 9.33. The van der Waals surface area contributed by atoms with Gasteiger partial charge in [-0.3, -0.25) is 24.1 Å². The molecule has 2 amide bonds. The Bertz CT molecular complexity index is 1210. The van der Waals surface area contributed by atoms with Crippen LogP contribution in [0.2, 0.25) is 0 Å². The van der Waals surface area contributed by atoms with Crippen molar-refractivity contribution in [2.24, 2.45) is 34.5 Å². The summed E-state index contributed by atoms with van der Waals surface area (Å²) in [6, 6.07) is 9.78. The van der Waals surface area contributed by atoms with Gasteiger partial charge in [0, 0.05) is 31.8 Å². The molecule has 3 saturated carbocycles. The molecule has 4 fully saturated rings. The van der Waals surface area contributed by atoms with Gasteiger partial charge in [-0.05, 0) is 87.3 Å². The van der Waals surface area contributed by atoms with Crippen molar-refractivity contribution in [2.75, 3.05) is 20.6 Å². The zero-order valence-corrected chi connectivity index (χ0v) is 29.9. The third-order valence-electron chi connectivity index (χ3n) is 11.5. The summed E-state index contributed by atoms with van der Waals surface area (Å²) in [4.78, 5) is 58.8. The van der Waals surface area contributed by atoms with Crippen LogP contribution in [0.1, 0.15) is 111 Å². The Labute approximate surface area is 278 Å². The molecule has 4 aliphatic rings. The van der Waals surface area contributed by atoms with Crippen molar-refractivity contribution in [3.05, 3.63) is 35.9 Å². The molecule has 256 valence electrons. The molecule has 0 spiro atoms. The lowest BCUT2D eigenvalue weighted by Gasteiger charge is -2.69. The molecule has 7 nitrogen and oxygen atoms in total. The van der Waals surface area contributed by atoms with Crippen LogP contribution in [0.15, 0.2) is 30.3 Å². The van der Waals surface area contributed by atoms with E-state index >= 15 is 0 Å². The number of carbonyl (C=O) groups is 4. The minimum Gasteiger partial charge on any atom is -0.353 e. The second kappa shape index (κ2) is 15.1. The Kier molecular flexibility index (Phi) is 11.9. The van der Waals surface area contributed by atoms with Crippen LogP contribution in [0, 0.1) is 34.5 Å². The second-order valence-corrected chi connectivity index (χ2v) is 16.2. The molecule has 5 atom stereocenters. The van der Waals surface area contributed by atoms with E-state index in [1.165, 1.54) is 5.56 Å². The maximum absolute atomic E-state index is 14.1. The molecule has 0 unspecified atom stereocenters. The Morgan fingerprint density at radius 3 is 2.22 bits per heavy atom. The van der Waals surface area contributed by atoms with Gasteiger partial charge in [0.1, 0.15) is 0 Å². The topological polar surface area (TPSA) is 86.8 Å². The maximum atomic E-state index is 14.1. The Balaban J connectivity index is 1.36. The maximum Gasteiger partial charge on any atom is 0.226 e. The lowest BCUT2D eigenvalue weighted by molar-refractivity contribution is -0.211. The van der Waals surface area contributed by atoms with Gasteiger partial charge in [-0.15, -0.1) is 0 Å². The van der Waals surface area contributed by atoms with Crippen LogP contribution in [0.25, 0.3) is 0 Å². The summed E-state index contributed by atoms with van der Waals surface area (Å²) >= 11 is 0. The van der Waals surface area contributed by atoms with Gasteiger partial charge in [0.25, 0.3) is 0 Å². The summed E-state index contributed by atoms with van der Waals surface area (Å²) in [7, 11) is 3.77. The van der Waals surface area contributed by atoms with E-state index in [0.717, 1.165) is 64.3 Å². The SMILES string of the molecule is CC[C@H](C)[C@H](CC(=O)[C@H]1CCCCN1C)C(=O)N(C)[C@H](C(=O)CC12CC(C(=O)N[C@@H](Cc3ccccc3)CC(C)C)(C1)C2)C(C)C. The van der Waals surface area contributed by atoms with E-state index in [1.54, 1.807) is 11.9 Å². The number of piperidine rings is 1. The minimum atomic E-state index is -0.536. The van der Waals surface area contributed by atoms with Crippen molar-refractivity contribution < 1.29 is 19.2 Å². The smallest absolute Gasteiger partial charge is 0.226 e. The highest BCUT2D eigenvalue weighted by Crippen LogP contribution is 2.75. The van der Waals surface area contributed by atoms with Gasteiger partial charge in [-0.2, -0.15) is 0 Å². The Morgan fingerprint density at radius 2 is 1.65 bits per heavy atom. The number of amides is 2. The van der Waals surface area contributed by atoms with Gasteiger partial charge >= 0.3 is 0 Å². The fraction of sp³-hybridized carbons (Fsp3) is 0.744. The predicted octanol–water partition coefficient (Wildman–Crippen LogP) is 6.48. The summed E-state index contributed by atoms with van der Waals surface area (Å²) in [6.45, 7) is 13.4. The molecule has 7 heteroatoms. The molecule has 1 aromatic rings. The highest BCUT2D eigenvalue weighted by Gasteiger charge is 2.71. The summed E-state index contributed by atoms with van der Waals surface area (Å²) < 4.78 is 0. The van der Waals surface area contributed by atoms with Gasteiger partial charge in [-0.1, -0.05) is 84.7 Å². The molecule has 0 radical (unpaired) electrons. The third-order valence-corrected chi connectivity index (χ3v) is 11.5. The molecular formula is C39H61N3O4. The summed E-state index contributed by atoms with van der Waals surface area (Å²) in [5.74, 6) is 0.346. The lowest BCUT2D eigenvalue weighted by Crippen LogP contribution is -2.69. The van der Waals surface area contributed by atoms with Crippen molar-refractivity contribution in [1.82, 2.24) is 15.1 Å². The monoisotopic (exact) mass is 635 g/mol. The van der Waals surface area contributed by atoms with E-state index in [4.69, 9.17) is 0 Å². The van der Waals surface area contributed by atoms with Gasteiger partial charge in [-0.25, -0.2) is 0 Å². The standard InChI is InChI=1S/C39H61N3O4/c1-9-28(6)31(21-33(43)32-17-13-14-18-41(32)7)36(45)42(8)35(27(4)5)34(44)22-38-23-39(24-38,25-38)37(46)40-30(19-26(2)3)20-29-15-11-10-12-16-29/h10-12,15-16,26-28,30-32,35H,9,13-14,17-25H2,1-8H3,(H,40,46)/t28-,30+,31-,32+,35-,38?,39?/m0/s1. The van der Waals surface area contributed by atoms with E-state index in [9.17, 15) is 19.2 Å². The fourth-order valence-corrected chi connectivity index (χ4v) is 8.98. The summed E-state index contributed by atoms with van der Waals surface area (Å²) in [5, 5.41) is 3.38. The number of Topliss-reactive ketones (excluding diaryl/α,β-unsaturated/α-hetero) is 2. The molecule has 1 aromatic carbocycles. The molecular weight excluding hydrogens is 574 g/mol. The number of nitrogens with zero attached hydrogens (tertiary/aromatic N) is 2. The zero-order chi connectivity index (χ0) is 33.8. The summed E-state index contributed by atoms with van der Waals surface area (Å²) in [5.41, 5.74) is 0.749. The second-order valence-electron chi connectivity index (χ2n) is 16.2. The number of nitrogens with one attached hydrogen (secondary N) is 1. The Morgan fingerprint density at radius 1 is 1.00 bits per heavy atom. The molecule has 3 aliphatic carbocycles. The quantitative estimate of drug-likeness (QED) is 0.212. The number of hydrogen-bond donors (Lipinski definition) is 1. The van der Waals surface area contributed by atoms with Crippen LogP contribution in [0.3, 0.4) is 0 Å². The summed E-state index contributed by atoms with van der Waals surface area (Å²) in [6.07, 6.45) is 8.44. The van der Waals surface area contributed by atoms with Crippen molar-refractivity contribution in [3.8, 4) is 0 Å². The van der Waals surface area contributed by atoms with E-state index in [-0.39, 0.29) is 64.6 Å². The third kappa shape index (κ3) is 8.11. The van der Waals surface area contributed by atoms with Crippen molar-refractivity contribution in [3.63, 3.8) is 0 Å². The first kappa shape index (κ1) is 36.3. The molecule has 1 N–H and O–H groups in total. The number of likely N-dealkylation sites (tertiary alicyclic amines) is 1. The number of carbonyl (C=O) groups excluding carboxylic acids is 4. The van der Waals surface area contributed by atoms with Crippen molar-refractivity contribution >= 4 is 23.4 Å². The van der Waals surface area contributed by atoms with E-state index in [0.29, 0.717) is 12.3 Å². The van der Waals surface area contributed by atoms with Crippen LogP contribution in [0.5, 0.6) is 0 Å². The van der Waals surface area contributed by atoms with Crippen LogP contribution in [-0.4, -0.2) is 71.9 Å². The van der Waals surface area contributed by atoms with Crippen LogP contribution in [-0.2, 0) is 25.6 Å². The minimum absolute atomic E-state index is 0.0430. The number of likely N-dealkylation sites (N-methyl/N-ethyl adjacent to an activating group) is 2. The number of rotatable bonds is 17. The van der Waals surface area contributed by atoms with Gasteiger partial charge in [0.2, 0.25) is 11.8 Å². The van der Waals surface area contributed by atoms with Gasteiger partial charge < -0.3 is 10.2 Å². The predicted molar refractivity (Wildman–Crippen MR) is 184 cm³/mol. The average molecular weight is 636 g/mol. The fourth-order valence-electron chi connectivity index (χ4n) is 8.98. The zero-order valence-electron chi connectivity index (χ0n) is 29.9. The first-order valence-electron chi connectivity index (χ1n) is 18.1. The number of hydrogen-bond acceptors (Lipinski definition) is 5. The first-order valence-corrected chi connectivity index (χ1v) is 18.1. The average Bonchev–Trinajstić information content (AvgIpc) is 2.96. The van der Waals surface area contributed by atoms with Crippen LogP contribution >= 0.6 is 0 Å². The largest absolute Gasteiger partial charge is 0.353 e. The van der Waals surface area contributed by atoms with Crippen LogP contribution in [0.4, 0.5) is 0 Å². The van der Waals surface area contributed by atoms with Crippen LogP contribution < -0.4 is 5.32 Å². The molecule has 0 aromatic heterocycles.